The zero-order chi connectivity index (χ0) is 13.7. The summed E-state index contributed by atoms with van der Waals surface area (Å²) in [6.07, 6.45) is 0. The number of nitrogens with zero attached hydrogens (tertiary/aromatic N) is 1. The van der Waals surface area contributed by atoms with E-state index >= 15 is 0 Å². The van der Waals surface area contributed by atoms with Crippen molar-refractivity contribution in [3.05, 3.63) is 50.4 Å². The average Bonchev–Trinajstić information content (AvgIpc) is 2.81. The molecule has 1 N–H and O–H groups in total. The summed E-state index contributed by atoms with van der Waals surface area (Å²) in [4.78, 5) is 4.60. The molecule has 3 nitrogen and oxygen atoms in total. The molecule has 19 heavy (non-hydrogen) atoms. The minimum atomic E-state index is 0.117. The lowest BCUT2D eigenvalue weighted by Gasteiger charge is -2.17. The number of nitrogens with one attached hydrogen (secondary N) is 1. The van der Waals surface area contributed by atoms with Crippen LogP contribution in [-0.2, 0) is 4.74 Å². The predicted molar refractivity (Wildman–Crippen MR) is 82.7 cm³/mol. The molecule has 1 atom stereocenters. The maximum Gasteiger partial charge on any atom is 0.114 e. The molecule has 1 aromatic carbocycles. The topological polar surface area (TPSA) is 34.1 Å². The molecule has 0 fully saturated rings. The van der Waals surface area contributed by atoms with Crippen LogP contribution in [0.25, 0.3) is 0 Å². The van der Waals surface area contributed by atoms with Gasteiger partial charge in [0.25, 0.3) is 0 Å². The second-order valence-corrected chi connectivity index (χ2v) is 6.07. The maximum absolute atomic E-state index is 5.10. The lowest BCUT2D eigenvalue weighted by atomic mass is 10.1. The molecular formula is C14H17BrN2OS. The highest BCUT2D eigenvalue weighted by atomic mass is 79.9. The molecule has 0 saturated heterocycles. The third-order valence-corrected chi connectivity index (χ3v) is 4.24. The number of thiazole rings is 1. The number of hydrogen-bond donors (Lipinski definition) is 1. The third kappa shape index (κ3) is 4.11. The van der Waals surface area contributed by atoms with Crippen molar-refractivity contribution in [1.82, 2.24) is 10.3 Å². The van der Waals surface area contributed by atoms with E-state index in [-0.39, 0.29) is 6.04 Å². The van der Waals surface area contributed by atoms with Crippen LogP contribution >= 0.6 is 27.3 Å². The Bertz CT molecular complexity index is 530. The quantitative estimate of drug-likeness (QED) is 0.816. The third-order valence-electron chi connectivity index (χ3n) is 2.72. The van der Waals surface area contributed by atoms with Crippen LogP contribution in [0.2, 0.25) is 0 Å². The smallest absolute Gasteiger partial charge is 0.114 e. The van der Waals surface area contributed by atoms with Gasteiger partial charge in [0.05, 0.1) is 12.6 Å². The molecule has 5 heteroatoms. The van der Waals surface area contributed by atoms with Gasteiger partial charge in [-0.2, -0.15) is 0 Å². The van der Waals surface area contributed by atoms with Crippen molar-refractivity contribution in [3.63, 3.8) is 0 Å². The Kier molecular flexibility index (Phi) is 5.51. The molecule has 1 aromatic heterocycles. The largest absolute Gasteiger partial charge is 0.383 e. The Hall–Kier alpha value is -0.750. The minimum Gasteiger partial charge on any atom is -0.383 e. The lowest BCUT2D eigenvalue weighted by Crippen LogP contribution is -2.26. The Morgan fingerprint density at radius 1 is 1.47 bits per heavy atom. The van der Waals surface area contributed by atoms with Gasteiger partial charge < -0.3 is 10.1 Å². The van der Waals surface area contributed by atoms with Crippen LogP contribution < -0.4 is 5.32 Å². The van der Waals surface area contributed by atoms with Crippen LogP contribution in [0.3, 0.4) is 0 Å². The van der Waals surface area contributed by atoms with E-state index in [0.29, 0.717) is 6.61 Å². The molecule has 0 spiro atoms. The second kappa shape index (κ2) is 7.14. The fourth-order valence-corrected chi connectivity index (χ4v) is 3.16. The molecule has 0 amide bonds. The van der Waals surface area contributed by atoms with Crippen LogP contribution in [0.1, 0.15) is 22.3 Å². The first-order valence-corrected chi connectivity index (χ1v) is 7.78. The zero-order valence-electron chi connectivity index (χ0n) is 11.0. The SMILES string of the molecule is COCCNC(c1cccc(Br)c1)c1nc(C)cs1. The fraction of sp³-hybridized carbons (Fsp3) is 0.357. The number of ether oxygens (including phenoxy) is 1. The molecule has 0 aliphatic carbocycles. The summed E-state index contributed by atoms with van der Waals surface area (Å²) in [5, 5.41) is 6.67. The van der Waals surface area contributed by atoms with Gasteiger partial charge >= 0.3 is 0 Å². The molecule has 0 aliphatic rings. The van der Waals surface area contributed by atoms with E-state index < -0.39 is 0 Å². The van der Waals surface area contributed by atoms with Crippen LogP contribution in [0.4, 0.5) is 0 Å². The van der Waals surface area contributed by atoms with Gasteiger partial charge in [0, 0.05) is 29.2 Å². The first-order chi connectivity index (χ1) is 9.20. The summed E-state index contributed by atoms with van der Waals surface area (Å²) in [5.41, 5.74) is 2.27. The number of halogens is 1. The van der Waals surface area contributed by atoms with Crippen molar-refractivity contribution in [3.8, 4) is 0 Å². The lowest BCUT2D eigenvalue weighted by molar-refractivity contribution is 0.197. The zero-order valence-corrected chi connectivity index (χ0v) is 13.4. The Balaban J connectivity index is 2.23. The number of aromatic nitrogens is 1. The van der Waals surface area contributed by atoms with Crippen molar-refractivity contribution >= 4 is 27.3 Å². The number of rotatable bonds is 6. The standard InChI is InChI=1S/C14H17BrN2OS/c1-10-9-19-14(17-10)13(16-6-7-18-2)11-4-3-5-12(15)8-11/h3-5,8-9,13,16H,6-7H2,1-2H3. The highest BCUT2D eigenvalue weighted by Crippen LogP contribution is 2.26. The minimum absolute atomic E-state index is 0.117. The molecule has 0 saturated carbocycles. The highest BCUT2D eigenvalue weighted by molar-refractivity contribution is 9.10. The summed E-state index contributed by atoms with van der Waals surface area (Å²) in [7, 11) is 1.71. The van der Waals surface area contributed by atoms with Gasteiger partial charge in [0.2, 0.25) is 0 Å². The number of aryl methyl sites for hydroxylation is 1. The molecular weight excluding hydrogens is 324 g/mol. The van der Waals surface area contributed by atoms with E-state index in [0.717, 1.165) is 21.7 Å². The van der Waals surface area contributed by atoms with E-state index in [2.05, 4.69) is 43.7 Å². The molecule has 2 aromatic rings. The summed E-state index contributed by atoms with van der Waals surface area (Å²) in [6.45, 7) is 3.51. The summed E-state index contributed by atoms with van der Waals surface area (Å²) < 4.78 is 6.18. The van der Waals surface area contributed by atoms with Crippen molar-refractivity contribution < 1.29 is 4.74 Å². The van der Waals surface area contributed by atoms with E-state index in [1.807, 2.05) is 19.1 Å². The van der Waals surface area contributed by atoms with Gasteiger partial charge in [-0.1, -0.05) is 28.1 Å². The summed E-state index contributed by atoms with van der Waals surface area (Å²) >= 11 is 5.21. The van der Waals surface area contributed by atoms with E-state index in [9.17, 15) is 0 Å². The maximum atomic E-state index is 5.10. The Labute approximate surface area is 126 Å². The van der Waals surface area contributed by atoms with E-state index in [1.54, 1.807) is 18.4 Å². The van der Waals surface area contributed by atoms with Crippen molar-refractivity contribution in [2.45, 2.75) is 13.0 Å². The van der Waals surface area contributed by atoms with Gasteiger partial charge in [-0.25, -0.2) is 4.98 Å². The van der Waals surface area contributed by atoms with Gasteiger partial charge in [0.15, 0.2) is 0 Å². The molecule has 0 bridgehead atoms. The van der Waals surface area contributed by atoms with Crippen LogP contribution in [0, 0.1) is 6.92 Å². The van der Waals surface area contributed by atoms with Crippen molar-refractivity contribution in [2.75, 3.05) is 20.3 Å². The number of hydrogen-bond acceptors (Lipinski definition) is 4. The van der Waals surface area contributed by atoms with Gasteiger partial charge in [-0.05, 0) is 24.6 Å². The fourth-order valence-electron chi connectivity index (χ4n) is 1.84. The molecule has 1 unspecified atom stereocenters. The Morgan fingerprint density at radius 3 is 2.95 bits per heavy atom. The average molecular weight is 341 g/mol. The van der Waals surface area contributed by atoms with Crippen molar-refractivity contribution in [1.29, 1.82) is 0 Å². The first-order valence-electron chi connectivity index (χ1n) is 6.10. The number of benzene rings is 1. The monoisotopic (exact) mass is 340 g/mol. The van der Waals surface area contributed by atoms with E-state index in [4.69, 9.17) is 4.74 Å². The molecule has 0 aliphatic heterocycles. The second-order valence-electron chi connectivity index (χ2n) is 4.26. The van der Waals surface area contributed by atoms with Crippen molar-refractivity contribution in [2.24, 2.45) is 0 Å². The van der Waals surface area contributed by atoms with Crippen LogP contribution in [0.15, 0.2) is 34.1 Å². The first kappa shape index (κ1) is 14.7. The molecule has 102 valence electrons. The summed E-state index contributed by atoms with van der Waals surface area (Å²) in [6, 6.07) is 8.44. The van der Waals surface area contributed by atoms with Gasteiger partial charge in [-0.3, -0.25) is 0 Å². The number of methoxy groups -OCH3 is 1. The molecule has 1 heterocycles. The predicted octanol–water partition coefficient (Wildman–Crippen LogP) is 3.54. The highest BCUT2D eigenvalue weighted by Gasteiger charge is 2.16. The molecule has 2 rings (SSSR count). The van der Waals surface area contributed by atoms with Gasteiger partial charge in [-0.15, -0.1) is 11.3 Å². The van der Waals surface area contributed by atoms with Crippen LogP contribution in [0.5, 0.6) is 0 Å². The van der Waals surface area contributed by atoms with Crippen LogP contribution in [-0.4, -0.2) is 25.2 Å². The van der Waals surface area contributed by atoms with E-state index in [1.165, 1.54) is 5.56 Å². The Morgan fingerprint density at radius 2 is 2.32 bits per heavy atom. The summed E-state index contributed by atoms with van der Waals surface area (Å²) in [5.74, 6) is 0. The van der Waals surface area contributed by atoms with Gasteiger partial charge in [0.1, 0.15) is 5.01 Å². The molecule has 0 radical (unpaired) electrons. The normalized spacial score (nSPS) is 12.6.